The van der Waals surface area contributed by atoms with Gasteiger partial charge in [0, 0.05) is 18.4 Å². The molecule has 2 bridgehead atoms. The molecule has 2 aliphatic heterocycles. The minimum atomic E-state index is -1.09. The lowest BCUT2D eigenvalue weighted by molar-refractivity contribution is -0.159. The largest absolute Gasteiger partial charge is 0.465 e. The van der Waals surface area contributed by atoms with Crippen LogP contribution in [0.4, 0.5) is 0 Å². The van der Waals surface area contributed by atoms with Gasteiger partial charge in [0.15, 0.2) is 0 Å². The minimum Gasteiger partial charge on any atom is -0.465 e. The van der Waals surface area contributed by atoms with Crippen molar-refractivity contribution in [2.24, 2.45) is 0 Å². The maximum atomic E-state index is 12.8. The van der Waals surface area contributed by atoms with Crippen LogP contribution in [0.3, 0.4) is 0 Å². The maximum Gasteiger partial charge on any atom is 0.310 e. The zero-order chi connectivity index (χ0) is 26.7. The van der Waals surface area contributed by atoms with E-state index >= 15 is 0 Å². The molecule has 8 nitrogen and oxygen atoms in total. The number of allylic oxidation sites excluding steroid dienone is 3. The first-order valence-electron chi connectivity index (χ1n) is 12.6. The van der Waals surface area contributed by atoms with E-state index in [2.05, 4.69) is 0 Å². The monoisotopic (exact) mass is 526 g/mol. The minimum absolute atomic E-state index is 0.0530. The third-order valence-electron chi connectivity index (χ3n) is 6.12. The van der Waals surface area contributed by atoms with Crippen molar-refractivity contribution in [1.82, 2.24) is 0 Å². The molecule has 2 rings (SSSR count). The first-order valence-corrected chi connectivity index (χ1v) is 13.0. The van der Waals surface area contributed by atoms with E-state index < -0.39 is 36.4 Å². The van der Waals surface area contributed by atoms with Crippen LogP contribution in [0.5, 0.6) is 0 Å². The average molecular weight is 527 g/mol. The Kier molecular flexibility index (Phi) is 12.7. The molecule has 36 heavy (non-hydrogen) atoms. The molecular formula is C27H39ClO8. The van der Waals surface area contributed by atoms with E-state index in [0.29, 0.717) is 42.9 Å². The van der Waals surface area contributed by atoms with Gasteiger partial charge in [0.05, 0.1) is 25.6 Å². The van der Waals surface area contributed by atoms with Crippen molar-refractivity contribution in [1.29, 1.82) is 0 Å². The maximum absolute atomic E-state index is 12.8. The van der Waals surface area contributed by atoms with Crippen LogP contribution in [0.2, 0.25) is 0 Å². The third kappa shape index (κ3) is 10.4. The van der Waals surface area contributed by atoms with E-state index in [1.807, 2.05) is 19.1 Å². The normalized spacial score (nSPS) is 29.6. The van der Waals surface area contributed by atoms with E-state index in [-0.39, 0.29) is 24.9 Å². The van der Waals surface area contributed by atoms with Gasteiger partial charge >= 0.3 is 17.9 Å². The van der Waals surface area contributed by atoms with E-state index in [0.717, 1.165) is 18.4 Å². The first-order chi connectivity index (χ1) is 17.1. The summed E-state index contributed by atoms with van der Waals surface area (Å²) in [6.07, 6.45) is 5.43. The summed E-state index contributed by atoms with van der Waals surface area (Å²) in [6.45, 7) is 7.19. The van der Waals surface area contributed by atoms with Crippen LogP contribution in [0.1, 0.15) is 79.1 Å². The summed E-state index contributed by atoms with van der Waals surface area (Å²) in [5.74, 6) is -1.41. The van der Waals surface area contributed by atoms with Crippen molar-refractivity contribution in [3.8, 4) is 0 Å². The Labute approximate surface area is 218 Å². The molecule has 0 aromatic heterocycles. The molecule has 9 heteroatoms. The standard InChI is InChI=1S/C27H39ClO8/c1-5-6-12-33-25(31)14-17(2)13-22(30)27-24-15-21(35-27)11-10-20(28)9-7-8-18(3)23(34-19(4)29)16-26(32)36-24/h8-9,13,21-24,27,30H,5-7,10-12,14-16H2,1-4H3/b17-13+,18-8+,20-9-/t21-,22+,23-,24-,27-/m0/s1. The summed E-state index contributed by atoms with van der Waals surface area (Å²) >= 11 is 6.38. The highest BCUT2D eigenvalue weighted by Gasteiger charge is 2.41. The molecule has 202 valence electrons. The van der Waals surface area contributed by atoms with Gasteiger partial charge in [-0.2, -0.15) is 0 Å². The van der Waals surface area contributed by atoms with Gasteiger partial charge in [-0.05, 0) is 45.1 Å². The molecule has 2 aliphatic rings. The molecule has 1 fully saturated rings. The van der Waals surface area contributed by atoms with Crippen LogP contribution in [-0.2, 0) is 33.3 Å². The van der Waals surface area contributed by atoms with Crippen molar-refractivity contribution < 1.29 is 38.4 Å². The lowest BCUT2D eigenvalue weighted by Crippen LogP contribution is -2.37. The van der Waals surface area contributed by atoms with Crippen LogP contribution in [-0.4, -0.2) is 60.1 Å². The smallest absolute Gasteiger partial charge is 0.310 e. The summed E-state index contributed by atoms with van der Waals surface area (Å²) in [5, 5.41) is 11.6. The van der Waals surface area contributed by atoms with Gasteiger partial charge in [-0.1, -0.05) is 48.7 Å². The van der Waals surface area contributed by atoms with Crippen molar-refractivity contribution in [2.45, 2.75) is 110 Å². The van der Waals surface area contributed by atoms with Gasteiger partial charge in [-0.25, -0.2) is 0 Å². The van der Waals surface area contributed by atoms with Crippen molar-refractivity contribution in [2.75, 3.05) is 6.61 Å². The summed E-state index contributed by atoms with van der Waals surface area (Å²) in [7, 11) is 0. The molecule has 0 aromatic carbocycles. The fourth-order valence-corrected chi connectivity index (χ4v) is 4.38. The average Bonchev–Trinajstić information content (AvgIpc) is 3.18. The van der Waals surface area contributed by atoms with Gasteiger partial charge in [0.1, 0.15) is 24.4 Å². The third-order valence-corrected chi connectivity index (χ3v) is 6.47. The molecule has 0 radical (unpaired) electrons. The molecule has 1 N–H and O–H groups in total. The molecule has 1 saturated heterocycles. The second-order valence-electron chi connectivity index (χ2n) is 9.42. The molecule has 0 saturated carbocycles. The molecule has 0 aromatic rings. The summed E-state index contributed by atoms with van der Waals surface area (Å²) < 4.78 is 22.3. The number of ether oxygens (including phenoxy) is 4. The Morgan fingerprint density at radius 2 is 2.06 bits per heavy atom. The Bertz CT molecular complexity index is 862. The van der Waals surface area contributed by atoms with E-state index in [1.54, 1.807) is 19.9 Å². The number of aliphatic hydroxyl groups excluding tert-OH is 1. The van der Waals surface area contributed by atoms with Crippen LogP contribution in [0.25, 0.3) is 0 Å². The number of carbonyl (C=O) groups is 3. The molecular weight excluding hydrogens is 488 g/mol. The Morgan fingerprint density at radius 3 is 2.75 bits per heavy atom. The summed E-state index contributed by atoms with van der Waals surface area (Å²) in [4.78, 5) is 36.4. The zero-order valence-electron chi connectivity index (χ0n) is 21.7. The second kappa shape index (κ2) is 15.2. The lowest BCUT2D eigenvalue weighted by atomic mass is 10.0. The van der Waals surface area contributed by atoms with Crippen LogP contribution in [0.15, 0.2) is 34.4 Å². The van der Waals surface area contributed by atoms with Gasteiger partial charge in [0.2, 0.25) is 0 Å². The van der Waals surface area contributed by atoms with Crippen molar-refractivity contribution in [3.05, 3.63) is 34.4 Å². The molecule has 0 unspecified atom stereocenters. The predicted molar refractivity (Wildman–Crippen MR) is 135 cm³/mol. The number of fused-ring (bicyclic) bond motifs is 2. The summed E-state index contributed by atoms with van der Waals surface area (Å²) in [5.41, 5.74) is 1.36. The molecule has 0 spiro atoms. The van der Waals surface area contributed by atoms with E-state index in [4.69, 9.17) is 30.5 Å². The SMILES string of the molecule is CCCCOC(=O)C/C(C)=C/[C@@H](O)[C@@H]1O[C@H]2CC/C(Cl)=C/C/C=C(\C)[C@@H](OC(C)=O)CC(=O)O[C@H]1C2. The molecule has 0 aliphatic carbocycles. The van der Waals surface area contributed by atoms with Gasteiger partial charge in [0.25, 0.3) is 0 Å². The number of carbonyl (C=O) groups excluding carboxylic acids is 3. The van der Waals surface area contributed by atoms with Crippen LogP contribution >= 0.6 is 11.6 Å². The highest BCUT2D eigenvalue weighted by atomic mass is 35.5. The van der Waals surface area contributed by atoms with Gasteiger partial charge < -0.3 is 24.1 Å². The van der Waals surface area contributed by atoms with E-state index in [9.17, 15) is 19.5 Å². The highest BCUT2D eigenvalue weighted by Crippen LogP contribution is 2.31. The Hall–Kier alpha value is -2.16. The van der Waals surface area contributed by atoms with Crippen LogP contribution < -0.4 is 0 Å². The fourth-order valence-electron chi connectivity index (χ4n) is 4.18. The quantitative estimate of drug-likeness (QED) is 0.210. The number of esters is 3. The van der Waals surface area contributed by atoms with Gasteiger partial charge in [-0.3, -0.25) is 14.4 Å². The lowest BCUT2D eigenvalue weighted by Gasteiger charge is -2.24. The zero-order valence-corrected chi connectivity index (χ0v) is 22.4. The van der Waals surface area contributed by atoms with Crippen LogP contribution in [0, 0.1) is 0 Å². The van der Waals surface area contributed by atoms with Crippen molar-refractivity contribution in [3.63, 3.8) is 0 Å². The molecule has 5 atom stereocenters. The highest BCUT2D eigenvalue weighted by molar-refractivity contribution is 6.29. The molecule has 2 heterocycles. The topological polar surface area (TPSA) is 108 Å². The number of rotatable bonds is 8. The summed E-state index contributed by atoms with van der Waals surface area (Å²) in [6, 6.07) is 0. The first kappa shape index (κ1) is 30.1. The number of aliphatic hydroxyl groups is 1. The van der Waals surface area contributed by atoms with Gasteiger partial charge in [-0.15, -0.1) is 0 Å². The number of hydrogen-bond donors (Lipinski definition) is 1. The Balaban J connectivity index is 2.16. The van der Waals surface area contributed by atoms with E-state index in [1.165, 1.54) is 6.92 Å². The molecule has 0 amide bonds. The Morgan fingerprint density at radius 1 is 1.31 bits per heavy atom. The van der Waals surface area contributed by atoms with Crippen molar-refractivity contribution >= 4 is 29.5 Å². The number of unbranched alkanes of at least 4 members (excludes halogenated alkanes) is 1. The second-order valence-corrected chi connectivity index (χ2v) is 9.90. The number of hydrogen-bond acceptors (Lipinski definition) is 8. The predicted octanol–water partition coefficient (Wildman–Crippen LogP) is 4.67. The fraction of sp³-hybridized carbons (Fsp3) is 0.667. The number of halogens is 1.